The van der Waals surface area contributed by atoms with Crippen LogP contribution in [0.3, 0.4) is 0 Å². The van der Waals surface area contributed by atoms with E-state index in [1.54, 1.807) is 23.8 Å². The number of aromatic nitrogens is 3. The smallest absolute Gasteiger partial charge is 0.266 e. The van der Waals surface area contributed by atoms with Gasteiger partial charge in [0, 0.05) is 10.9 Å². The number of benzene rings is 3. The van der Waals surface area contributed by atoms with Crippen LogP contribution in [-0.2, 0) is 4.79 Å². The van der Waals surface area contributed by atoms with Crippen molar-refractivity contribution in [2.75, 3.05) is 18.2 Å². The van der Waals surface area contributed by atoms with Crippen LogP contribution in [0.4, 0.5) is 5.13 Å². The van der Waals surface area contributed by atoms with Gasteiger partial charge in [0.2, 0.25) is 5.91 Å². The number of hydrogen-bond donors (Lipinski definition) is 1. The van der Waals surface area contributed by atoms with Crippen LogP contribution in [0.5, 0.6) is 5.75 Å². The molecular formula is C27H22N4O3S2. The molecule has 0 atom stereocenters. The summed E-state index contributed by atoms with van der Waals surface area (Å²) in [5.41, 5.74) is 3.93. The van der Waals surface area contributed by atoms with E-state index in [1.165, 1.54) is 23.1 Å². The molecule has 36 heavy (non-hydrogen) atoms. The Hall–Kier alpha value is -3.95. The van der Waals surface area contributed by atoms with Crippen molar-refractivity contribution in [2.24, 2.45) is 0 Å². The van der Waals surface area contributed by atoms with Crippen LogP contribution >= 0.6 is 23.1 Å². The van der Waals surface area contributed by atoms with Gasteiger partial charge in [-0.05, 0) is 55.5 Å². The number of carbonyl (C=O) groups is 1. The molecule has 7 nitrogen and oxygen atoms in total. The summed E-state index contributed by atoms with van der Waals surface area (Å²) in [4.78, 5) is 35.3. The van der Waals surface area contributed by atoms with Crippen LogP contribution in [-0.4, -0.2) is 33.3 Å². The van der Waals surface area contributed by atoms with Crippen LogP contribution in [0, 0.1) is 6.92 Å². The van der Waals surface area contributed by atoms with Gasteiger partial charge in [0.25, 0.3) is 5.56 Å². The molecule has 0 saturated heterocycles. The molecule has 2 heterocycles. The second-order valence-electron chi connectivity index (χ2n) is 7.99. The number of thiazole rings is 1. The van der Waals surface area contributed by atoms with Crippen molar-refractivity contribution in [1.82, 2.24) is 14.5 Å². The Morgan fingerprint density at radius 2 is 1.78 bits per heavy atom. The first-order valence-electron chi connectivity index (χ1n) is 11.1. The van der Waals surface area contributed by atoms with E-state index in [2.05, 4.69) is 10.3 Å². The monoisotopic (exact) mass is 514 g/mol. The van der Waals surface area contributed by atoms with Crippen molar-refractivity contribution in [1.29, 1.82) is 0 Å². The fraction of sp³-hybridized carbons (Fsp3) is 0.111. The first kappa shape index (κ1) is 23.8. The van der Waals surface area contributed by atoms with Gasteiger partial charge in [-0.15, -0.1) is 11.3 Å². The minimum atomic E-state index is -0.228. The quantitative estimate of drug-likeness (QED) is 0.226. The van der Waals surface area contributed by atoms with Crippen LogP contribution in [0.15, 0.2) is 88.1 Å². The molecule has 0 radical (unpaired) electrons. The van der Waals surface area contributed by atoms with E-state index in [-0.39, 0.29) is 17.2 Å². The summed E-state index contributed by atoms with van der Waals surface area (Å²) in [7, 11) is 1.62. The third kappa shape index (κ3) is 5.02. The highest BCUT2D eigenvalue weighted by atomic mass is 32.2. The maximum Gasteiger partial charge on any atom is 0.266 e. The predicted molar refractivity (Wildman–Crippen MR) is 146 cm³/mol. The van der Waals surface area contributed by atoms with Gasteiger partial charge in [0.05, 0.1) is 35.1 Å². The fourth-order valence-corrected chi connectivity index (χ4v) is 5.19. The Labute approximate surface area is 215 Å². The highest BCUT2D eigenvalue weighted by Gasteiger charge is 2.16. The number of aryl methyl sites for hydroxylation is 1. The van der Waals surface area contributed by atoms with E-state index in [9.17, 15) is 9.59 Å². The molecule has 0 unspecified atom stereocenters. The van der Waals surface area contributed by atoms with Gasteiger partial charge in [-0.25, -0.2) is 9.97 Å². The van der Waals surface area contributed by atoms with Crippen molar-refractivity contribution >= 4 is 45.0 Å². The summed E-state index contributed by atoms with van der Waals surface area (Å²) in [5.74, 6) is 0.619. The fourth-order valence-electron chi connectivity index (χ4n) is 3.64. The van der Waals surface area contributed by atoms with Crippen molar-refractivity contribution in [3.05, 3.63) is 94.1 Å². The van der Waals surface area contributed by atoms with Crippen molar-refractivity contribution in [2.45, 2.75) is 12.1 Å². The maximum atomic E-state index is 13.3. The predicted octanol–water partition coefficient (Wildman–Crippen LogP) is 5.56. The minimum Gasteiger partial charge on any atom is -0.497 e. The number of amides is 1. The van der Waals surface area contributed by atoms with Crippen molar-refractivity contribution < 1.29 is 9.53 Å². The van der Waals surface area contributed by atoms with Gasteiger partial charge < -0.3 is 10.1 Å². The zero-order valence-electron chi connectivity index (χ0n) is 19.6. The molecule has 3 aromatic carbocycles. The molecule has 5 aromatic rings. The van der Waals surface area contributed by atoms with Gasteiger partial charge in [-0.1, -0.05) is 41.6 Å². The third-order valence-corrected chi connectivity index (χ3v) is 7.20. The zero-order valence-corrected chi connectivity index (χ0v) is 21.2. The summed E-state index contributed by atoms with van der Waals surface area (Å²) in [6.45, 7) is 1.99. The molecule has 180 valence electrons. The molecule has 0 bridgehead atoms. The lowest BCUT2D eigenvalue weighted by atomic mass is 10.2. The number of hydrogen-bond acceptors (Lipinski definition) is 7. The number of fused-ring (bicyclic) bond motifs is 1. The number of ether oxygens (including phenoxy) is 1. The number of carbonyl (C=O) groups excluding carboxylic acids is 1. The molecule has 0 aliphatic heterocycles. The first-order valence-corrected chi connectivity index (χ1v) is 13.0. The Kier molecular flexibility index (Phi) is 6.84. The number of nitrogens with zero attached hydrogens (tertiary/aromatic N) is 3. The zero-order chi connectivity index (χ0) is 25.1. The molecule has 9 heteroatoms. The lowest BCUT2D eigenvalue weighted by Crippen LogP contribution is -2.23. The van der Waals surface area contributed by atoms with Gasteiger partial charge in [-0.3, -0.25) is 14.2 Å². The number of methoxy groups -OCH3 is 1. The molecular weight excluding hydrogens is 492 g/mol. The normalized spacial score (nSPS) is 10.9. The van der Waals surface area contributed by atoms with Crippen LogP contribution in [0.2, 0.25) is 0 Å². The van der Waals surface area contributed by atoms with Gasteiger partial charge >= 0.3 is 0 Å². The van der Waals surface area contributed by atoms with E-state index in [1.807, 2.05) is 73.0 Å². The molecule has 0 aliphatic carbocycles. The van der Waals surface area contributed by atoms with E-state index in [0.29, 0.717) is 26.9 Å². The molecule has 0 spiro atoms. The lowest BCUT2D eigenvalue weighted by Gasteiger charge is -2.13. The second kappa shape index (κ2) is 10.3. The summed E-state index contributed by atoms with van der Waals surface area (Å²) in [6, 6.07) is 22.5. The van der Waals surface area contributed by atoms with Gasteiger partial charge in [0.15, 0.2) is 10.3 Å². The van der Waals surface area contributed by atoms with Crippen molar-refractivity contribution in [3.8, 4) is 22.7 Å². The summed E-state index contributed by atoms with van der Waals surface area (Å²) in [5, 5.41) is 6.24. The van der Waals surface area contributed by atoms with Gasteiger partial charge in [0.1, 0.15) is 5.75 Å². The number of thioether (sulfide) groups is 1. The van der Waals surface area contributed by atoms with Crippen LogP contribution < -0.4 is 15.6 Å². The average Bonchev–Trinajstić information content (AvgIpc) is 3.37. The molecule has 2 aromatic heterocycles. The third-order valence-electron chi connectivity index (χ3n) is 5.51. The Morgan fingerprint density at radius 1 is 1.03 bits per heavy atom. The van der Waals surface area contributed by atoms with E-state index in [4.69, 9.17) is 9.72 Å². The standard InChI is InChI=1S/C27H22N4O3S2/c1-17-7-11-19(12-8-17)31-25(33)21-5-3-4-6-22(21)29-27(31)36-16-24(32)30-26-28-23(15-35-26)18-9-13-20(34-2)14-10-18/h3-15H,16H2,1-2H3,(H,28,30,32). The van der Waals surface area contributed by atoms with Crippen LogP contribution in [0.1, 0.15) is 5.56 Å². The topological polar surface area (TPSA) is 86.1 Å². The molecule has 0 fully saturated rings. The van der Waals surface area contributed by atoms with Gasteiger partial charge in [-0.2, -0.15) is 0 Å². The molecule has 5 rings (SSSR count). The largest absolute Gasteiger partial charge is 0.497 e. The lowest BCUT2D eigenvalue weighted by molar-refractivity contribution is -0.113. The summed E-state index contributed by atoms with van der Waals surface area (Å²) in [6.07, 6.45) is 0. The summed E-state index contributed by atoms with van der Waals surface area (Å²) >= 11 is 2.57. The van der Waals surface area contributed by atoms with Crippen LogP contribution in [0.25, 0.3) is 27.8 Å². The molecule has 0 saturated carbocycles. The Balaban J connectivity index is 1.35. The molecule has 1 amide bonds. The highest BCUT2D eigenvalue weighted by molar-refractivity contribution is 7.99. The summed E-state index contributed by atoms with van der Waals surface area (Å²) < 4.78 is 6.76. The number of anilines is 1. The Bertz CT molecular complexity index is 1590. The number of nitrogens with one attached hydrogen (secondary N) is 1. The number of para-hydroxylation sites is 1. The minimum absolute atomic E-state index is 0.0775. The Morgan fingerprint density at radius 3 is 2.53 bits per heavy atom. The molecule has 0 aliphatic rings. The van der Waals surface area contributed by atoms with E-state index in [0.717, 1.165) is 22.6 Å². The maximum absolute atomic E-state index is 13.3. The highest BCUT2D eigenvalue weighted by Crippen LogP contribution is 2.27. The number of rotatable bonds is 7. The van der Waals surface area contributed by atoms with E-state index < -0.39 is 0 Å². The molecule has 1 N–H and O–H groups in total. The SMILES string of the molecule is COc1ccc(-c2csc(NC(=O)CSc3nc4ccccc4c(=O)n3-c3ccc(C)cc3)n2)cc1. The first-order chi connectivity index (χ1) is 17.5. The van der Waals surface area contributed by atoms with E-state index >= 15 is 0 Å². The average molecular weight is 515 g/mol. The second-order valence-corrected chi connectivity index (χ2v) is 9.79. The van der Waals surface area contributed by atoms with Crippen molar-refractivity contribution in [3.63, 3.8) is 0 Å².